The van der Waals surface area contributed by atoms with Crippen LogP contribution in [0.5, 0.6) is 0 Å². The first kappa shape index (κ1) is 21.8. The number of carbonyl (C=O) groups excluding carboxylic acids is 2. The third-order valence-electron chi connectivity index (χ3n) is 2.63. The van der Waals surface area contributed by atoms with Crippen molar-refractivity contribution in [3.63, 3.8) is 0 Å². The van der Waals surface area contributed by atoms with E-state index in [2.05, 4.69) is 32.1 Å². The Bertz CT molecular complexity index is 448. The molecule has 0 aromatic rings. The van der Waals surface area contributed by atoms with Gasteiger partial charge < -0.3 is 0 Å². The van der Waals surface area contributed by atoms with Crippen molar-refractivity contribution in [3.05, 3.63) is 0 Å². The van der Waals surface area contributed by atoms with Crippen LogP contribution in [0.2, 0.25) is 0 Å². The van der Waals surface area contributed by atoms with Gasteiger partial charge >= 0.3 is 11.9 Å². The van der Waals surface area contributed by atoms with Crippen LogP contribution >= 0.6 is 0 Å². The zero-order chi connectivity index (χ0) is 17.8. The minimum atomic E-state index is -0.798. The van der Waals surface area contributed by atoms with Crippen LogP contribution in [0.4, 0.5) is 0 Å². The van der Waals surface area contributed by atoms with Gasteiger partial charge in [-0.3, -0.25) is 0 Å². The Hall–Kier alpha value is -2.48. The summed E-state index contributed by atoms with van der Waals surface area (Å²) < 4.78 is 0. The molecule has 0 aliphatic heterocycles. The first-order chi connectivity index (χ1) is 10.1. The minimum Gasteiger partial charge on any atom is -0.248 e. The van der Waals surface area contributed by atoms with Gasteiger partial charge in [-0.1, -0.05) is 13.8 Å². The summed E-state index contributed by atoms with van der Waals surface area (Å²) in [6, 6.07) is 4.16. The molecule has 0 aliphatic rings. The number of rotatable bonds is 4. The van der Waals surface area contributed by atoms with E-state index in [0.29, 0.717) is 12.8 Å². The number of carbonyl (C=O) groups is 2. The monoisotopic (exact) mass is 310 g/mol. The molecule has 0 saturated carbocycles. The van der Waals surface area contributed by atoms with Crippen molar-refractivity contribution >= 4 is 11.9 Å². The minimum absolute atomic E-state index is 0.595. The molecule has 0 aliphatic carbocycles. The predicted octanol–water partition coefficient (Wildman–Crippen LogP) is 2.85. The number of hydrogen-bond acceptors (Lipinski definition) is 8. The molecule has 0 amide bonds. The van der Waals surface area contributed by atoms with Gasteiger partial charge in [0.25, 0.3) is 0 Å². The molecule has 0 heterocycles. The fourth-order valence-electron chi connectivity index (χ4n) is 0.682. The third kappa shape index (κ3) is 10.3. The molecule has 0 aromatic heterocycles. The summed E-state index contributed by atoms with van der Waals surface area (Å²) >= 11 is 0. The van der Waals surface area contributed by atoms with Crippen LogP contribution in [0, 0.1) is 22.7 Å². The van der Waals surface area contributed by atoms with Crippen LogP contribution in [0.3, 0.4) is 0 Å². The van der Waals surface area contributed by atoms with E-state index in [-0.39, 0.29) is 0 Å². The molecular formula is C14H22N4O4. The van der Waals surface area contributed by atoms with Crippen LogP contribution in [0.15, 0.2) is 10.2 Å². The molecule has 2 unspecified atom stereocenters. The van der Waals surface area contributed by atoms with E-state index < -0.39 is 23.0 Å². The van der Waals surface area contributed by atoms with Crippen LogP contribution in [0.1, 0.15) is 54.4 Å². The van der Waals surface area contributed by atoms with E-state index in [0.717, 1.165) is 13.8 Å². The molecular weight excluding hydrogens is 288 g/mol. The second kappa shape index (κ2) is 10.3. The summed E-state index contributed by atoms with van der Waals surface area (Å²) in [4.78, 5) is 27.3. The lowest BCUT2D eigenvalue weighted by molar-refractivity contribution is -0.255. The Labute approximate surface area is 130 Å². The van der Waals surface area contributed by atoms with Gasteiger partial charge in [0, 0.05) is 13.8 Å². The van der Waals surface area contributed by atoms with E-state index in [1.807, 2.05) is 13.8 Å². The number of azo groups is 1. The molecule has 2 atom stereocenters. The highest BCUT2D eigenvalue weighted by atomic mass is 17.2. The molecule has 0 aromatic carbocycles. The smallest absolute Gasteiger partial charge is 0.248 e. The Morgan fingerprint density at radius 2 is 1.18 bits per heavy atom. The Balaban J connectivity index is 0. The van der Waals surface area contributed by atoms with Crippen molar-refractivity contribution in [1.82, 2.24) is 0 Å². The molecule has 0 saturated heterocycles. The average Bonchev–Trinajstić information content (AvgIpc) is 2.51. The van der Waals surface area contributed by atoms with Crippen LogP contribution in [-0.4, -0.2) is 23.0 Å². The van der Waals surface area contributed by atoms with Crippen LogP contribution in [0.25, 0.3) is 0 Å². The quantitative estimate of drug-likeness (QED) is 0.446. The van der Waals surface area contributed by atoms with Crippen LogP contribution in [-0.2, 0) is 19.4 Å². The van der Waals surface area contributed by atoms with Crippen molar-refractivity contribution in [1.29, 1.82) is 10.5 Å². The lowest BCUT2D eigenvalue weighted by atomic mass is 10.0. The molecule has 0 N–H and O–H groups in total. The van der Waals surface area contributed by atoms with Gasteiger partial charge in [-0.15, -0.1) is 0 Å². The van der Waals surface area contributed by atoms with Crippen molar-refractivity contribution in [2.75, 3.05) is 0 Å². The van der Waals surface area contributed by atoms with Gasteiger partial charge in [-0.05, 0) is 26.7 Å². The maximum atomic E-state index is 9.85. The fourth-order valence-corrected chi connectivity index (χ4v) is 0.682. The zero-order valence-corrected chi connectivity index (χ0v) is 13.8. The molecule has 0 spiro atoms. The van der Waals surface area contributed by atoms with E-state index in [9.17, 15) is 9.59 Å². The van der Waals surface area contributed by atoms with E-state index >= 15 is 0 Å². The van der Waals surface area contributed by atoms with Crippen molar-refractivity contribution in [2.24, 2.45) is 10.2 Å². The van der Waals surface area contributed by atoms with Gasteiger partial charge in [0.2, 0.25) is 0 Å². The summed E-state index contributed by atoms with van der Waals surface area (Å²) in [6.45, 7) is 9.45. The van der Waals surface area contributed by atoms with Crippen molar-refractivity contribution < 1.29 is 19.4 Å². The topological polar surface area (TPSA) is 125 Å². The highest BCUT2D eigenvalue weighted by Gasteiger charge is 2.25. The highest BCUT2D eigenvalue weighted by molar-refractivity contribution is 5.69. The van der Waals surface area contributed by atoms with Crippen molar-refractivity contribution in [2.45, 2.75) is 65.5 Å². The number of nitrogens with zero attached hydrogens (tertiary/aromatic N) is 4. The van der Waals surface area contributed by atoms with E-state index in [1.54, 1.807) is 13.8 Å². The van der Waals surface area contributed by atoms with Gasteiger partial charge in [0.1, 0.15) is 0 Å². The molecule has 0 fully saturated rings. The van der Waals surface area contributed by atoms with Gasteiger partial charge in [0.05, 0.1) is 12.1 Å². The number of nitriles is 2. The Kier molecular flexibility index (Phi) is 10.2. The van der Waals surface area contributed by atoms with Crippen molar-refractivity contribution in [3.8, 4) is 12.1 Å². The Morgan fingerprint density at radius 3 is 1.32 bits per heavy atom. The summed E-state index contributed by atoms with van der Waals surface area (Å²) in [5, 5.41) is 25.6. The van der Waals surface area contributed by atoms with Gasteiger partial charge in [-0.25, -0.2) is 19.4 Å². The zero-order valence-electron chi connectivity index (χ0n) is 13.8. The average molecular weight is 310 g/mol. The lowest BCUT2D eigenvalue weighted by Gasteiger charge is -2.16. The summed E-state index contributed by atoms with van der Waals surface area (Å²) in [7, 11) is 0. The molecule has 8 heteroatoms. The van der Waals surface area contributed by atoms with E-state index in [1.165, 1.54) is 0 Å². The van der Waals surface area contributed by atoms with Gasteiger partial charge in [-0.2, -0.15) is 20.8 Å². The van der Waals surface area contributed by atoms with Crippen LogP contribution < -0.4 is 0 Å². The summed E-state index contributed by atoms with van der Waals surface area (Å²) in [5.41, 5.74) is -1.60. The second-order valence-electron chi connectivity index (χ2n) is 4.83. The third-order valence-corrected chi connectivity index (χ3v) is 2.63. The standard InChI is InChI=1S/C10H16N4.C4H6O4/c1-5-9(3,7-11)13-14-10(4,6-2)8-12;1-3(5)7-8-4(2)6/h5-6H2,1-4H3;1-2H3. The molecule has 0 bridgehead atoms. The molecule has 0 rings (SSSR count). The first-order valence-corrected chi connectivity index (χ1v) is 6.70. The predicted molar refractivity (Wildman–Crippen MR) is 77.0 cm³/mol. The molecule has 0 radical (unpaired) electrons. The molecule has 122 valence electrons. The van der Waals surface area contributed by atoms with E-state index in [4.69, 9.17) is 10.5 Å². The summed E-state index contributed by atoms with van der Waals surface area (Å²) in [6.07, 6.45) is 1.19. The summed E-state index contributed by atoms with van der Waals surface area (Å²) in [5.74, 6) is -1.28. The highest BCUT2D eigenvalue weighted by Crippen LogP contribution is 2.20. The molecule has 8 nitrogen and oxygen atoms in total. The Morgan fingerprint density at radius 1 is 0.909 bits per heavy atom. The number of hydrogen-bond donors (Lipinski definition) is 0. The first-order valence-electron chi connectivity index (χ1n) is 6.70. The normalized spacial score (nSPS) is 15.1. The maximum Gasteiger partial charge on any atom is 0.352 e. The van der Waals surface area contributed by atoms with Gasteiger partial charge in [0.15, 0.2) is 11.1 Å². The SMILES string of the molecule is CC(=O)OOC(C)=O.CCC(C)(C#N)N=NC(C)(C#N)CC. The fraction of sp³-hybridized carbons (Fsp3) is 0.714. The molecule has 22 heavy (non-hydrogen) atoms. The maximum absolute atomic E-state index is 9.85. The largest absolute Gasteiger partial charge is 0.352 e. The lowest BCUT2D eigenvalue weighted by Crippen LogP contribution is -2.22. The second-order valence-corrected chi connectivity index (χ2v) is 4.83.